The van der Waals surface area contributed by atoms with Gasteiger partial charge in [0.05, 0.1) is 0 Å². The van der Waals surface area contributed by atoms with E-state index < -0.39 is 0 Å². The SMILES string of the molecule is CNc1nc(Cl)nc(NC2CCCC2)n1. The second kappa shape index (κ2) is 4.61. The van der Waals surface area contributed by atoms with E-state index in [0.29, 0.717) is 17.9 Å². The van der Waals surface area contributed by atoms with Gasteiger partial charge in [-0.3, -0.25) is 0 Å². The van der Waals surface area contributed by atoms with Gasteiger partial charge in [-0.15, -0.1) is 0 Å². The lowest BCUT2D eigenvalue weighted by molar-refractivity contribution is 0.742. The first kappa shape index (κ1) is 10.4. The molecule has 0 amide bonds. The van der Waals surface area contributed by atoms with Crippen molar-refractivity contribution >= 4 is 23.5 Å². The molecule has 82 valence electrons. The van der Waals surface area contributed by atoms with Gasteiger partial charge in [0.1, 0.15) is 0 Å². The van der Waals surface area contributed by atoms with Gasteiger partial charge in [-0.1, -0.05) is 12.8 Å². The fourth-order valence-electron chi connectivity index (χ4n) is 1.78. The molecule has 1 saturated carbocycles. The van der Waals surface area contributed by atoms with Gasteiger partial charge in [0.15, 0.2) is 0 Å². The average Bonchev–Trinajstić information content (AvgIpc) is 2.69. The summed E-state index contributed by atoms with van der Waals surface area (Å²) in [7, 11) is 1.75. The Bertz CT molecular complexity index is 337. The Labute approximate surface area is 93.7 Å². The van der Waals surface area contributed by atoms with Crippen molar-refractivity contribution < 1.29 is 0 Å². The van der Waals surface area contributed by atoms with Crippen molar-refractivity contribution in [3.05, 3.63) is 5.28 Å². The molecule has 0 aromatic carbocycles. The van der Waals surface area contributed by atoms with E-state index in [2.05, 4.69) is 25.6 Å². The minimum absolute atomic E-state index is 0.217. The Morgan fingerprint density at radius 1 is 1.13 bits per heavy atom. The van der Waals surface area contributed by atoms with Crippen LogP contribution in [-0.4, -0.2) is 28.0 Å². The molecule has 0 aliphatic heterocycles. The largest absolute Gasteiger partial charge is 0.357 e. The third kappa shape index (κ3) is 2.68. The highest BCUT2D eigenvalue weighted by Crippen LogP contribution is 2.21. The molecule has 0 atom stereocenters. The summed E-state index contributed by atoms with van der Waals surface area (Å²) in [6.07, 6.45) is 4.90. The number of nitrogens with one attached hydrogen (secondary N) is 2. The van der Waals surface area contributed by atoms with Crippen LogP contribution < -0.4 is 10.6 Å². The lowest BCUT2D eigenvalue weighted by atomic mass is 10.3. The molecule has 0 bridgehead atoms. The Morgan fingerprint density at radius 2 is 1.80 bits per heavy atom. The number of hydrogen-bond donors (Lipinski definition) is 2. The number of halogens is 1. The number of nitrogens with zero attached hydrogens (tertiary/aromatic N) is 3. The predicted octanol–water partition coefficient (Wildman–Crippen LogP) is 1.92. The smallest absolute Gasteiger partial charge is 0.229 e. The molecule has 1 aliphatic rings. The van der Waals surface area contributed by atoms with Crippen molar-refractivity contribution in [1.82, 2.24) is 15.0 Å². The molecule has 5 nitrogen and oxygen atoms in total. The lowest BCUT2D eigenvalue weighted by Crippen LogP contribution is -2.17. The summed E-state index contributed by atoms with van der Waals surface area (Å²) in [5.41, 5.74) is 0. The van der Waals surface area contributed by atoms with Crippen molar-refractivity contribution in [2.75, 3.05) is 17.7 Å². The van der Waals surface area contributed by atoms with Crippen molar-refractivity contribution in [2.24, 2.45) is 0 Å². The fourth-order valence-corrected chi connectivity index (χ4v) is 1.94. The van der Waals surface area contributed by atoms with E-state index in [-0.39, 0.29) is 5.28 Å². The highest BCUT2D eigenvalue weighted by atomic mass is 35.5. The monoisotopic (exact) mass is 227 g/mol. The van der Waals surface area contributed by atoms with Crippen LogP contribution >= 0.6 is 11.6 Å². The highest BCUT2D eigenvalue weighted by molar-refractivity contribution is 6.28. The Morgan fingerprint density at radius 3 is 2.47 bits per heavy atom. The van der Waals surface area contributed by atoms with Crippen LogP contribution in [0.4, 0.5) is 11.9 Å². The second-order valence-electron chi connectivity index (χ2n) is 3.63. The Kier molecular flexibility index (Phi) is 3.20. The van der Waals surface area contributed by atoms with Crippen molar-refractivity contribution in [3.63, 3.8) is 0 Å². The van der Waals surface area contributed by atoms with Gasteiger partial charge in [0, 0.05) is 13.1 Å². The number of anilines is 2. The normalized spacial score (nSPS) is 16.7. The highest BCUT2D eigenvalue weighted by Gasteiger charge is 2.16. The zero-order valence-electron chi connectivity index (χ0n) is 8.63. The van der Waals surface area contributed by atoms with Gasteiger partial charge in [-0.25, -0.2) is 0 Å². The van der Waals surface area contributed by atoms with Crippen LogP contribution in [0.2, 0.25) is 5.28 Å². The standard InChI is InChI=1S/C9H14ClN5/c1-11-8-13-7(10)14-9(15-8)12-6-4-2-3-5-6/h6H,2-5H2,1H3,(H2,11,12,13,14,15). The second-order valence-corrected chi connectivity index (χ2v) is 3.97. The van der Waals surface area contributed by atoms with E-state index in [1.54, 1.807) is 7.05 Å². The van der Waals surface area contributed by atoms with Crippen molar-refractivity contribution in [2.45, 2.75) is 31.7 Å². The summed E-state index contributed by atoms with van der Waals surface area (Å²) in [5.74, 6) is 1.06. The molecular weight excluding hydrogens is 214 g/mol. The summed E-state index contributed by atoms with van der Waals surface area (Å²) < 4.78 is 0. The van der Waals surface area contributed by atoms with Crippen LogP contribution in [0.3, 0.4) is 0 Å². The van der Waals surface area contributed by atoms with Gasteiger partial charge in [0.2, 0.25) is 17.2 Å². The van der Waals surface area contributed by atoms with E-state index in [0.717, 1.165) is 0 Å². The summed E-state index contributed by atoms with van der Waals surface area (Å²) in [6, 6.07) is 0.480. The molecule has 2 rings (SSSR count). The average molecular weight is 228 g/mol. The predicted molar refractivity (Wildman–Crippen MR) is 60.3 cm³/mol. The van der Waals surface area contributed by atoms with Gasteiger partial charge < -0.3 is 10.6 Å². The number of aromatic nitrogens is 3. The molecule has 1 aromatic heterocycles. The van der Waals surface area contributed by atoms with Crippen LogP contribution in [0.5, 0.6) is 0 Å². The first-order valence-electron chi connectivity index (χ1n) is 5.14. The third-order valence-corrected chi connectivity index (χ3v) is 2.69. The van der Waals surface area contributed by atoms with E-state index in [1.807, 2.05) is 0 Å². The summed E-state index contributed by atoms with van der Waals surface area (Å²) >= 11 is 5.77. The third-order valence-electron chi connectivity index (χ3n) is 2.52. The molecule has 1 heterocycles. The fraction of sp³-hybridized carbons (Fsp3) is 0.667. The first-order valence-corrected chi connectivity index (χ1v) is 5.51. The summed E-state index contributed by atoms with van der Waals surface area (Å²) in [4.78, 5) is 12.1. The maximum atomic E-state index is 5.77. The van der Waals surface area contributed by atoms with E-state index >= 15 is 0 Å². The topological polar surface area (TPSA) is 62.7 Å². The Hall–Kier alpha value is -1.10. The maximum Gasteiger partial charge on any atom is 0.229 e. The molecule has 1 fully saturated rings. The molecule has 0 spiro atoms. The summed E-state index contributed by atoms with van der Waals surface area (Å²) in [5, 5.41) is 6.33. The lowest BCUT2D eigenvalue weighted by Gasteiger charge is -2.11. The summed E-state index contributed by atoms with van der Waals surface area (Å²) in [6.45, 7) is 0. The van der Waals surface area contributed by atoms with Crippen LogP contribution in [-0.2, 0) is 0 Å². The van der Waals surface area contributed by atoms with E-state index in [1.165, 1.54) is 25.7 Å². The van der Waals surface area contributed by atoms with Crippen LogP contribution in [0, 0.1) is 0 Å². The molecular formula is C9H14ClN5. The van der Waals surface area contributed by atoms with Gasteiger partial charge in [-0.05, 0) is 24.4 Å². The maximum absolute atomic E-state index is 5.77. The van der Waals surface area contributed by atoms with Crippen LogP contribution in [0.1, 0.15) is 25.7 Å². The molecule has 1 aliphatic carbocycles. The molecule has 0 unspecified atom stereocenters. The molecule has 0 radical (unpaired) electrons. The zero-order valence-corrected chi connectivity index (χ0v) is 9.38. The van der Waals surface area contributed by atoms with Gasteiger partial charge in [0.25, 0.3) is 0 Å². The molecule has 6 heteroatoms. The van der Waals surface area contributed by atoms with Crippen molar-refractivity contribution in [3.8, 4) is 0 Å². The number of rotatable bonds is 3. The number of hydrogen-bond acceptors (Lipinski definition) is 5. The molecule has 2 N–H and O–H groups in total. The van der Waals surface area contributed by atoms with Crippen molar-refractivity contribution in [1.29, 1.82) is 0 Å². The first-order chi connectivity index (χ1) is 7.28. The quantitative estimate of drug-likeness (QED) is 0.826. The molecule has 0 saturated heterocycles. The molecule has 15 heavy (non-hydrogen) atoms. The zero-order chi connectivity index (χ0) is 10.7. The molecule has 1 aromatic rings. The van der Waals surface area contributed by atoms with Crippen LogP contribution in [0.15, 0.2) is 0 Å². The van der Waals surface area contributed by atoms with Crippen LogP contribution in [0.25, 0.3) is 0 Å². The minimum atomic E-state index is 0.217. The Balaban J connectivity index is 2.09. The minimum Gasteiger partial charge on any atom is -0.357 e. The van der Waals surface area contributed by atoms with Gasteiger partial charge >= 0.3 is 0 Å². The van der Waals surface area contributed by atoms with E-state index in [4.69, 9.17) is 11.6 Å². The van der Waals surface area contributed by atoms with Gasteiger partial charge in [-0.2, -0.15) is 15.0 Å². The van der Waals surface area contributed by atoms with E-state index in [9.17, 15) is 0 Å².